The average Bonchev–Trinajstić information content (AvgIpc) is 2.74. The molecule has 0 aliphatic carbocycles. The Morgan fingerprint density at radius 1 is 1.19 bits per heavy atom. The van der Waals surface area contributed by atoms with E-state index in [2.05, 4.69) is 5.32 Å². The Balaban J connectivity index is 1.76. The van der Waals surface area contributed by atoms with Crippen molar-refractivity contribution < 1.29 is 19.1 Å². The quantitative estimate of drug-likeness (QED) is 0.877. The maximum Gasteiger partial charge on any atom is 0.265 e. The Bertz CT molecular complexity index is 848. The number of carbonyl (C=O) groups is 3. The topological polar surface area (TPSA) is 102 Å². The smallest absolute Gasteiger partial charge is 0.265 e. The van der Waals surface area contributed by atoms with E-state index in [1.54, 1.807) is 35.2 Å². The number of carbonyl (C=O) groups excluding carboxylic acids is 3. The summed E-state index contributed by atoms with van der Waals surface area (Å²) in [6.07, 6.45) is 0.202. The molecule has 134 valence electrons. The molecule has 0 fully saturated rings. The maximum atomic E-state index is 12.8. The second-order valence-electron chi connectivity index (χ2n) is 6.06. The first-order chi connectivity index (χ1) is 12.5. The third-order valence-electron chi connectivity index (χ3n) is 4.13. The number of primary amides is 1. The molecule has 2 aromatic rings. The second kappa shape index (κ2) is 7.26. The van der Waals surface area contributed by atoms with Crippen molar-refractivity contribution in [2.75, 3.05) is 16.8 Å². The lowest BCUT2D eigenvalue weighted by atomic mass is 10.1. The number of anilines is 2. The number of benzene rings is 2. The van der Waals surface area contributed by atoms with Gasteiger partial charge in [-0.15, -0.1) is 0 Å². The number of rotatable bonds is 4. The fourth-order valence-corrected chi connectivity index (χ4v) is 2.90. The number of nitrogens with two attached hydrogens (primary N) is 1. The Kier molecular flexibility index (Phi) is 4.88. The van der Waals surface area contributed by atoms with Gasteiger partial charge in [0.2, 0.25) is 11.8 Å². The van der Waals surface area contributed by atoms with Gasteiger partial charge in [-0.3, -0.25) is 14.4 Å². The standard InChI is InChI=1S/C19H19N3O4/c1-12-10-17(23)21-15-4-2-3-5-16(15)22(12)18(24)11-26-14-8-6-13(7-9-14)19(20)25/h2-9,12H,10-11H2,1H3,(H2,20,25)(H,21,23)/t12-/m0/s1. The highest BCUT2D eigenvalue weighted by molar-refractivity contribution is 6.04. The summed E-state index contributed by atoms with van der Waals surface area (Å²) in [5.41, 5.74) is 6.80. The molecule has 0 unspecified atom stereocenters. The summed E-state index contributed by atoms with van der Waals surface area (Å²) in [7, 11) is 0. The van der Waals surface area contributed by atoms with Crippen molar-refractivity contribution in [2.45, 2.75) is 19.4 Å². The SMILES string of the molecule is C[C@H]1CC(=O)Nc2ccccc2N1C(=O)COc1ccc(C(N)=O)cc1. The predicted octanol–water partition coefficient (Wildman–Crippen LogP) is 1.93. The molecule has 2 aromatic carbocycles. The number of para-hydroxylation sites is 2. The van der Waals surface area contributed by atoms with Gasteiger partial charge < -0.3 is 20.7 Å². The molecule has 7 nitrogen and oxygen atoms in total. The zero-order valence-corrected chi connectivity index (χ0v) is 14.3. The van der Waals surface area contributed by atoms with Crippen molar-refractivity contribution in [3.8, 4) is 5.75 Å². The predicted molar refractivity (Wildman–Crippen MR) is 97.1 cm³/mol. The van der Waals surface area contributed by atoms with Crippen LogP contribution in [-0.2, 0) is 9.59 Å². The molecule has 0 spiro atoms. The maximum absolute atomic E-state index is 12.8. The van der Waals surface area contributed by atoms with Crippen LogP contribution in [0.5, 0.6) is 5.75 Å². The molecular formula is C19H19N3O4. The minimum absolute atomic E-state index is 0.136. The zero-order valence-electron chi connectivity index (χ0n) is 14.3. The number of fused-ring (bicyclic) bond motifs is 1. The van der Waals surface area contributed by atoms with E-state index in [0.29, 0.717) is 22.7 Å². The van der Waals surface area contributed by atoms with Crippen LogP contribution < -0.4 is 20.7 Å². The van der Waals surface area contributed by atoms with Crippen LogP contribution in [0.25, 0.3) is 0 Å². The highest BCUT2D eigenvalue weighted by Gasteiger charge is 2.29. The van der Waals surface area contributed by atoms with E-state index >= 15 is 0 Å². The lowest BCUT2D eigenvalue weighted by molar-refractivity contribution is -0.121. The van der Waals surface area contributed by atoms with Crippen LogP contribution >= 0.6 is 0 Å². The average molecular weight is 353 g/mol. The van der Waals surface area contributed by atoms with Crippen molar-refractivity contribution in [2.24, 2.45) is 5.73 Å². The number of nitrogens with one attached hydrogen (secondary N) is 1. The molecule has 26 heavy (non-hydrogen) atoms. The van der Waals surface area contributed by atoms with Crippen LogP contribution in [0.4, 0.5) is 11.4 Å². The first-order valence-electron chi connectivity index (χ1n) is 8.19. The summed E-state index contributed by atoms with van der Waals surface area (Å²) >= 11 is 0. The van der Waals surface area contributed by atoms with E-state index in [9.17, 15) is 14.4 Å². The van der Waals surface area contributed by atoms with Crippen LogP contribution in [0.2, 0.25) is 0 Å². The fraction of sp³-hybridized carbons (Fsp3) is 0.211. The monoisotopic (exact) mass is 353 g/mol. The molecule has 3 rings (SSSR count). The molecule has 0 aromatic heterocycles. The minimum Gasteiger partial charge on any atom is -0.484 e. The second-order valence-corrected chi connectivity index (χ2v) is 6.06. The first-order valence-corrected chi connectivity index (χ1v) is 8.19. The summed E-state index contributed by atoms with van der Waals surface area (Å²) in [5, 5.41) is 2.81. The van der Waals surface area contributed by atoms with Gasteiger partial charge in [0, 0.05) is 18.0 Å². The van der Waals surface area contributed by atoms with Gasteiger partial charge in [-0.25, -0.2) is 0 Å². The van der Waals surface area contributed by atoms with Crippen molar-refractivity contribution >= 4 is 29.1 Å². The lowest BCUT2D eigenvalue weighted by Gasteiger charge is -2.27. The van der Waals surface area contributed by atoms with Crippen molar-refractivity contribution in [3.63, 3.8) is 0 Å². The van der Waals surface area contributed by atoms with Crippen molar-refractivity contribution in [3.05, 3.63) is 54.1 Å². The van der Waals surface area contributed by atoms with Gasteiger partial charge in [0.1, 0.15) is 5.75 Å². The number of hydrogen-bond acceptors (Lipinski definition) is 4. The van der Waals surface area contributed by atoms with E-state index in [1.807, 2.05) is 13.0 Å². The first kappa shape index (κ1) is 17.5. The van der Waals surface area contributed by atoms with Crippen LogP contribution in [0.3, 0.4) is 0 Å². The van der Waals surface area contributed by atoms with Crippen molar-refractivity contribution in [1.29, 1.82) is 0 Å². The van der Waals surface area contributed by atoms with Crippen LogP contribution in [0.15, 0.2) is 48.5 Å². The van der Waals surface area contributed by atoms with E-state index in [1.165, 1.54) is 12.1 Å². The van der Waals surface area contributed by atoms with Crippen molar-refractivity contribution in [1.82, 2.24) is 0 Å². The molecule has 7 heteroatoms. The molecule has 0 saturated heterocycles. The minimum atomic E-state index is -0.528. The molecule has 1 heterocycles. The number of hydrogen-bond donors (Lipinski definition) is 2. The molecule has 0 saturated carbocycles. The van der Waals surface area contributed by atoms with Gasteiger partial charge in [0.25, 0.3) is 5.91 Å². The van der Waals surface area contributed by atoms with E-state index in [0.717, 1.165) is 0 Å². The van der Waals surface area contributed by atoms with Crippen LogP contribution in [0.1, 0.15) is 23.7 Å². The Hall–Kier alpha value is -3.35. The molecule has 3 N–H and O–H groups in total. The van der Waals surface area contributed by atoms with Gasteiger partial charge in [-0.1, -0.05) is 12.1 Å². The Morgan fingerprint density at radius 2 is 1.88 bits per heavy atom. The van der Waals surface area contributed by atoms with E-state index in [-0.39, 0.29) is 30.9 Å². The molecular weight excluding hydrogens is 334 g/mol. The molecule has 1 aliphatic rings. The molecule has 3 amide bonds. The number of amides is 3. The summed E-state index contributed by atoms with van der Waals surface area (Å²) in [5.74, 6) is -0.475. The molecule has 1 aliphatic heterocycles. The third kappa shape index (κ3) is 3.66. The van der Waals surface area contributed by atoms with E-state index in [4.69, 9.17) is 10.5 Å². The van der Waals surface area contributed by atoms with Gasteiger partial charge in [0.15, 0.2) is 6.61 Å². The summed E-state index contributed by atoms with van der Waals surface area (Å²) in [4.78, 5) is 37.4. The summed E-state index contributed by atoms with van der Waals surface area (Å²) in [6, 6.07) is 13.1. The van der Waals surface area contributed by atoms with Crippen LogP contribution in [-0.4, -0.2) is 30.4 Å². The highest BCUT2D eigenvalue weighted by atomic mass is 16.5. The third-order valence-corrected chi connectivity index (χ3v) is 4.13. The van der Waals surface area contributed by atoms with Gasteiger partial charge >= 0.3 is 0 Å². The summed E-state index contributed by atoms with van der Waals surface area (Å²) < 4.78 is 5.54. The molecule has 1 atom stereocenters. The molecule has 0 bridgehead atoms. The Labute approximate surface area is 150 Å². The summed E-state index contributed by atoms with van der Waals surface area (Å²) in [6.45, 7) is 1.63. The molecule has 0 radical (unpaired) electrons. The lowest BCUT2D eigenvalue weighted by Crippen LogP contribution is -2.41. The zero-order chi connectivity index (χ0) is 18.7. The van der Waals surface area contributed by atoms with Gasteiger partial charge in [-0.2, -0.15) is 0 Å². The van der Waals surface area contributed by atoms with Crippen LogP contribution in [0, 0.1) is 0 Å². The van der Waals surface area contributed by atoms with E-state index < -0.39 is 5.91 Å². The Morgan fingerprint density at radius 3 is 2.58 bits per heavy atom. The number of nitrogens with zero attached hydrogens (tertiary/aromatic N) is 1. The normalized spacial score (nSPS) is 16.3. The van der Waals surface area contributed by atoms with Gasteiger partial charge in [0.05, 0.1) is 11.4 Å². The number of ether oxygens (including phenoxy) is 1. The largest absolute Gasteiger partial charge is 0.484 e. The fourth-order valence-electron chi connectivity index (χ4n) is 2.90. The highest BCUT2D eigenvalue weighted by Crippen LogP contribution is 2.31. The van der Waals surface area contributed by atoms with Gasteiger partial charge in [-0.05, 0) is 43.3 Å².